The van der Waals surface area contributed by atoms with E-state index in [-0.39, 0.29) is 0 Å². The van der Waals surface area contributed by atoms with Crippen molar-refractivity contribution in [2.75, 3.05) is 26.2 Å². The number of hydrogen-bond acceptors (Lipinski definition) is 2. The van der Waals surface area contributed by atoms with E-state index in [1.807, 2.05) is 0 Å². The predicted molar refractivity (Wildman–Crippen MR) is 93.8 cm³/mol. The quantitative estimate of drug-likeness (QED) is 0.900. The van der Waals surface area contributed by atoms with Gasteiger partial charge in [-0.05, 0) is 35.7 Å². The van der Waals surface area contributed by atoms with E-state index >= 15 is 0 Å². The Kier molecular flexibility index (Phi) is 4.25. The molecule has 24 heavy (non-hydrogen) atoms. The SMILES string of the molecule is O=C(O)N1CC2CN(Cc3ccccc3)CC(C1)C21CCCCC1. The summed E-state index contributed by atoms with van der Waals surface area (Å²) >= 11 is 0. The van der Waals surface area contributed by atoms with Crippen LogP contribution in [-0.4, -0.2) is 47.2 Å². The Labute approximate surface area is 144 Å². The van der Waals surface area contributed by atoms with Crippen molar-refractivity contribution in [1.29, 1.82) is 0 Å². The first-order valence-corrected chi connectivity index (χ1v) is 9.41. The molecule has 2 bridgehead atoms. The molecule has 1 amide bonds. The van der Waals surface area contributed by atoms with Crippen LogP contribution in [-0.2, 0) is 6.54 Å². The molecule has 2 aliphatic heterocycles. The zero-order valence-electron chi connectivity index (χ0n) is 14.4. The molecule has 3 aliphatic rings. The number of benzene rings is 1. The molecular weight excluding hydrogens is 300 g/mol. The van der Waals surface area contributed by atoms with Gasteiger partial charge in [0.2, 0.25) is 0 Å². The van der Waals surface area contributed by atoms with Crippen LogP contribution >= 0.6 is 0 Å². The molecule has 4 heteroatoms. The number of carbonyl (C=O) groups is 1. The van der Waals surface area contributed by atoms with Gasteiger partial charge >= 0.3 is 6.09 Å². The molecule has 2 atom stereocenters. The van der Waals surface area contributed by atoms with Gasteiger partial charge in [0, 0.05) is 32.7 Å². The van der Waals surface area contributed by atoms with E-state index in [0.717, 1.165) is 32.7 Å². The Morgan fingerprint density at radius 1 is 1.00 bits per heavy atom. The van der Waals surface area contributed by atoms with Crippen LogP contribution in [0, 0.1) is 17.3 Å². The van der Waals surface area contributed by atoms with Crippen molar-refractivity contribution < 1.29 is 9.90 Å². The lowest BCUT2D eigenvalue weighted by Gasteiger charge is -2.59. The third kappa shape index (κ3) is 2.81. The van der Waals surface area contributed by atoms with Crippen LogP contribution in [0.4, 0.5) is 4.79 Å². The van der Waals surface area contributed by atoms with Crippen molar-refractivity contribution in [2.45, 2.75) is 38.6 Å². The Balaban J connectivity index is 1.54. The van der Waals surface area contributed by atoms with Crippen LogP contribution in [0.15, 0.2) is 30.3 Å². The highest BCUT2D eigenvalue weighted by atomic mass is 16.4. The number of carboxylic acid groups (broad SMARTS) is 1. The summed E-state index contributed by atoms with van der Waals surface area (Å²) in [6, 6.07) is 10.7. The third-order valence-corrected chi connectivity index (χ3v) is 6.77. The van der Waals surface area contributed by atoms with E-state index < -0.39 is 6.09 Å². The molecular formula is C20H28N2O2. The van der Waals surface area contributed by atoms with E-state index in [1.165, 1.54) is 37.7 Å². The molecule has 1 aliphatic carbocycles. The summed E-state index contributed by atoms with van der Waals surface area (Å²) in [6.07, 6.45) is 5.92. The fraction of sp³-hybridized carbons (Fsp3) is 0.650. The smallest absolute Gasteiger partial charge is 0.407 e. The Morgan fingerprint density at radius 2 is 1.62 bits per heavy atom. The zero-order valence-corrected chi connectivity index (χ0v) is 14.4. The molecule has 1 saturated carbocycles. The average molecular weight is 328 g/mol. The second-order valence-corrected chi connectivity index (χ2v) is 8.05. The Morgan fingerprint density at radius 3 is 2.21 bits per heavy atom. The van der Waals surface area contributed by atoms with Gasteiger partial charge in [-0.3, -0.25) is 4.90 Å². The van der Waals surface area contributed by atoms with Crippen molar-refractivity contribution in [2.24, 2.45) is 17.3 Å². The molecule has 4 rings (SSSR count). The van der Waals surface area contributed by atoms with Crippen molar-refractivity contribution in [1.82, 2.24) is 9.80 Å². The zero-order chi connectivity index (χ0) is 16.6. The summed E-state index contributed by atoms with van der Waals surface area (Å²) in [5.74, 6) is 1.01. The molecule has 1 spiro atoms. The van der Waals surface area contributed by atoms with Crippen molar-refractivity contribution in [3.05, 3.63) is 35.9 Å². The molecule has 2 saturated heterocycles. The molecule has 130 valence electrons. The van der Waals surface area contributed by atoms with Gasteiger partial charge in [0.15, 0.2) is 0 Å². The fourth-order valence-electron chi connectivity index (χ4n) is 5.63. The number of amides is 1. The van der Waals surface area contributed by atoms with Gasteiger partial charge in [-0.1, -0.05) is 49.6 Å². The lowest BCUT2D eigenvalue weighted by atomic mass is 9.55. The van der Waals surface area contributed by atoms with Crippen LogP contribution in [0.2, 0.25) is 0 Å². The summed E-state index contributed by atoms with van der Waals surface area (Å²) < 4.78 is 0. The van der Waals surface area contributed by atoms with Crippen molar-refractivity contribution in [3.63, 3.8) is 0 Å². The molecule has 0 radical (unpaired) electrons. The first kappa shape index (κ1) is 15.9. The molecule has 1 aromatic rings. The summed E-state index contributed by atoms with van der Waals surface area (Å²) in [7, 11) is 0. The summed E-state index contributed by atoms with van der Waals surface area (Å²) in [6.45, 7) is 4.57. The normalized spacial score (nSPS) is 29.6. The second kappa shape index (κ2) is 6.40. The van der Waals surface area contributed by atoms with Crippen LogP contribution in [0.25, 0.3) is 0 Å². The topological polar surface area (TPSA) is 43.8 Å². The lowest BCUT2D eigenvalue weighted by Crippen LogP contribution is -2.64. The summed E-state index contributed by atoms with van der Waals surface area (Å²) in [4.78, 5) is 15.8. The summed E-state index contributed by atoms with van der Waals surface area (Å²) in [5, 5.41) is 9.49. The molecule has 4 nitrogen and oxygen atoms in total. The lowest BCUT2D eigenvalue weighted by molar-refractivity contribution is -0.105. The maximum absolute atomic E-state index is 11.5. The van der Waals surface area contributed by atoms with Crippen molar-refractivity contribution in [3.8, 4) is 0 Å². The maximum atomic E-state index is 11.5. The monoisotopic (exact) mass is 328 g/mol. The standard InChI is InChI=1S/C20H28N2O2/c23-19(24)22-14-17-12-21(11-16-7-3-1-4-8-16)13-18(15-22)20(17)9-5-2-6-10-20/h1,3-4,7-8,17-18H,2,5-6,9-15H2,(H,23,24). The second-order valence-electron chi connectivity index (χ2n) is 8.05. The number of likely N-dealkylation sites (tertiary alicyclic amines) is 2. The first-order valence-electron chi connectivity index (χ1n) is 9.41. The fourth-order valence-corrected chi connectivity index (χ4v) is 5.63. The largest absolute Gasteiger partial charge is 0.465 e. The van der Waals surface area contributed by atoms with Crippen LogP contribution < -0.4 is 0 Å². The third-order valence-electron chi connectivity index (χ3n) is 6.77. The van der Waals surface area contributed by atoms with E-state index in [1.54, 1.807) is 4.90 Å². The Hall–Kier alpha value is -1.55. The van der Waals surface area contributed by atoms with Crippen LogP contribution in [0.3, 0.4) is 0 Å². The molecule has 1 N–H and O–H groups in total. The average Bonchev–Trinajstić information content (AvgIpc) is 2.57. The van der Waals surface area contributed by atoms with Gasteiger partial charge in [-0.25, -0.2) is 4.79 Å². The van der Waals surface area contributed by atoms with E-state index in [4.69, 9.17) is 0 Å². The Bertz CT molecular complexity index is 565. The minimum Gasteiger partial charge on any atom is -0.465 e. The van der Waals surface area contributed by atoms with Crippen LogP contribution in [0.1, 0.15) is 37.7 Å². The van der Waals surface area contributed by atoms with Gasteiger partial charge in [0.25, 0.3) is 0 Å². The van der Waals surface area contributed by atoms with E-state index in [9.17, 15) is 9.90 Å². The molecule has 2 heterocycles. The van der Waals surface area contributed by atoms with Gasteiger partial charge in [0.05, 0.1) is 0 Å². The van der Waals surface area contributed by atoms with E-state index in [2.05, 4.69) is 35.2 Å². The first-order chi connectivity index (χ1) is 11.7. The van der Waals surface area contributed by atoms with Gasteiger partial charge in [0.1, 0.15) is 0 Å². The number of rotatable bonds is 2. The van der Waals surface area contributed by atoms with Crippen molar-refractivity contribution >= 4 is 6.09 Å². The number of piperidine rings is 2. The van der Waals surface area contributed by atoms with Gasteiger partial charge < -0.3 is 10.0 Å². The highest BCUT2D eigenvalue weighted by molar-refractivity contribution is 5.65. The maximum Gasteiger partial charge on any atom is 0.407 e. The minimum absolute atomic E-state index is 0.414. The molecule has 1 aromatic carbocycles. The van der Waals surface area contributed by atoms with Crippen LogP contribution in [0.5, 0.6) is 0 Å². The predicted octanol–water partition coefficient (Wildman–Crippen LogP) is 3.68. The molecule has 2 unspecified atom stereocenters. The minimum atomic E-state index is -0.729. The highest BCUT2D eigenvalue weighted by Crippen LogP contribution is 2.53. The molecule has 3 fully saturated rings. The number of nitrogens with zero attached hydrogens (tertiary/aromatic N) is 2. The van der Waals surface area contributed by atoms with E-state index in [0.29, 0.717) is 17.3 Å². The molecule has 0 aromatic heterocycles. The highest BCUT2D eigenvalue weighted by Gasteiger charge is 2.53. The number of hydrogen-bond donors (Lipinski definition) is 1. The summed E-state index contributed by atoms with van der Waals surface area (Å²) in [5.41, 5.74) is 1.78. The van der Waals surface area contributed by atoms with Gasteiger partial charge in [-0.2, -0.15) is 0 Å². The van der Waals surface area contributed by atoms with Gasteiger partial charge in [-0.15, -0.1) is 0 Å².